The van der Waals surface area contributed by atoms with Crippen molar-refractivity contribution in [1.29, 1.82) is 0 Å². The molecule has 8 nitrogen and oxygen atoms in total. The number of carbonyl (C=O) groups is 3. The lowest BCUT2D eigenvalue weighted by Gasteiger charge is -2.27. The van der Waals surface area contributed by atoms with Gasteiger partial charge in [-0.15, -0.1) is 0 Å². The normalized spacial score (nSPS) is 19.9. The largest absolute Gasteiger partial charge is 0.481 e. The summed E-state index contributed by atoms with van der Waals surface area (Å²) >= 11 is 0. The van der Waals surface area contributed by atoms with Crippen LogP contribution in [0.25, 0.3) is 0 Å². The first-order chi connectivity index (χ1) is 12.9. The van der Waals surface area contributed by atoms with Crippen molar-refractivity contribution >= 4 is 29.4 Å². The van der Waals surface area contributed by atoms with Crippen LogP contribution >= 0.6 is 0 Å². The van der Waals surface area contributed by atoms with E-state index in [0.717, 1.165) is 12.8 Å². The highest BCUT2D eigenvalue weighted by molar-refractivity contribution is 6.01. The predicted octanol–water partition coefficient (Wildman–Crippen LogP) is 2.99. The molecule has 1 aliphatic rings. The summed E-state index contributed by atoms with van der Waals surface area (Å²) < 4.78 is 4.74. The van der Waals surface area contributed by atoms with Gasteiger partial charge in [-0.05, 0) is 44.4 Å². The van der Waals surface area contributed by atoms with Gasteiger partial charge in [-0.2, -0.15) is 5.10 Å². The number of carboxylic acids is 1. The van der Waals surface area contributed by atoms with Crippen molar-refractivity contribution in [2.45, 2.75) is 39.5 Å². The first-order valence-electron chi connectivity index (χ1n) is 9.03. The molecule has 1 aliphatic carbocycles. The number of hydrogen-bond acceptors (Lipinski definition) is 5. The number of nitrogens with one attached hydrogen (secondary N) is 2. The second-order valence-electron chi connectivity index (χ2n) is 6.44. The van der Waals surface area contributed by atoms with E-state index in [9.17, 15) is 19.5 Å². The number of ether oxygens (including phenoxy) is 1. The number of carbonyl (C=O) groups excluding carboxylic acids is 2. The fourth-order valence-corrected chi connectivity index (χ4v) is 3.15. The number of anilines is 1. The van der Waals surface area contributed by atoms with Gasteiger partial charge in [0.25, 0.3) is 0 Å². The number of nitrogens with zero attached hydrogens (tertiary/aromatic N) is 1. The number of rotatable bonds is 6. The Kier molecular flexibility index (Phi) is 7.34. The molecule has 27 heavy (non-hydrogen) atoms. The molecule has 146 valence electrons. The van der Waals surface area contributed by atoms with E-state index in [4.69, 9.17) is 4.74 Å². The summed E-state index contributed by atoms with van der Waals surface area (Å²) in [6.45, 7) is 3.67. The Hall–Kier alpha value is -2.90. The average Bonchev–Trinajstić information content (AvgIpc) is 2.66. The zero-order chi connectivity index (χ0) is 19.8. The van der Waals surface area contributed by atoms with Crippen LogP contribution in [0.1, 0.15) is 45.1 Å². The number of carboxylic acid groups (broad SMARTS) is 1. The van der Waals surface area contributed by atoms with Crippen LogP contribution in [0, 0.1) is 11.8 Å². The van der Waals surface area contributed by atoms with E-state index in [2.05, 4.69) is 15.8 Å². The fourth-order valence-electron chi connectivity index (χ4n) is 3.15. The summed E-state index contributed by atoms with van der Waals surface area (Å²) in [5.41, 5.74) is 4.09. The summed E-state index contributed by atoms with van der Waals surface area (Å²) in [5.74, 6) is -2.37. The van der Waals surface area contributed by atoms with Gasteiger partial charge in [0.15, 0.2) is 0 Å². The Morgan fingerprint density at radius 3 is 2.59 bits per heavy atom. The van der Waals surface area contributed by atoms with Gasteiger partial charge >= 0.3 is 12.1 Å². The Balaban J connectivity index is 2.06. The molecule has 2 amide bonds. The Labute approximate surface area is 158 Å². The van der Waals surface area contributed by atoms with Crippen molar-refractivity contribution in [3.63, 3.8) is 0 Å². The number of aliphatic carboxylic acids is 1. The summed E-state index contributed by atoms with van der Waals surface area (Å²) in [7, 11) is 0. The maximum atomic E-state index is 12.6. The minimum atomic E-state index is -0.920. The molecule has 1 saturated carbocycles. The van der Waals surface area contributed by atoms with Gasteiger partial charge < -0.3 is 15.2 Å². The second kappa shape index (κ2) is 9.70. The highest BCUT2D eigenvalue weighted by Gasteiger charge is 2.35. The van der Waals surface area contributed by atoms with Crippen molar-refractivity contribution in [3.05, 3.63) is 29.8 Å². The van der Waals surface area contributed by atoms with E-state index in [1.165, 1.54) is 0 Å². The number of amides is 2. The van der Waals surface area contributed by atoms with Crippen LogP contribution in [-0.4, -0.2) is 35.4 Å². The van der Waals surface area contributed by atoms with Crippen LogP contribution in [0.5, 0.6) is 0 Å². The summed E-state index contributed by atoms with van der Waals surface area (Å²) in [6, 6.07) is 7.00. The summed E-state index contributed by atoms with van der Waals surface area (Å²) in [6.07, 6.45) is 2.15. The average molecular weight is 375 g/mol. The lowest BCUT2D eigenvalue weighted by Crippen LogP contribution is -2.36. The quantitative estimate of drug-likeness (QED) is 0.522. The van der Waals surface area contributed by atoms with Crippen molar-refractivity contribution in [3.8, 4) is 0 Å². The Bertz CT molecular complexity index is 732. The summed E-state index contributed by atoms with van der Waals surface area (Å²) in [4.78, 5) is 35.3. The maximum Gasteiger partial charge on any atom is 0.427 e. The molecule has 3 N–H and O–H groups in total. The van der Waals surface area contributed by atoms with E-state index >= 15 is 0 Å². The SMILES string of the molecule is CCOC(=O)NN=C(C)c1cccc(NC(=O)C2CCCCC2C(=O)O)c1. The molecule has 0 bridgehead atoms. The van der Waals surface area contributed by atoms with Gasteiger partial charge in [-0.25, -0.2) is 10.2 Å². The molecular formula is C19H25N3O5. The third kappa shape index (κ3) is 5.80. The van der Waals surface area contributed by atoms with Gasteiger partial charge in [0.05, 0.1) is 24.2 Å². The molecule has 2 unspecified atom stereocenters. The van der Waals surface area contributed by atoms with Gasteiger partial charge in [0.2, 0.25) is 5.91 Å². The molecule has 0 saturated heterocycles. The van der Waals surface area contributed by atoms with Crippen molar-refractivity contribution < 1.29 is 24.2 Å². The molecule has 0 heterocycles. The zero-order valence-corrected chi connectivity index (χ0v) is 15.5. The van der Waals surface area contributed by atoms with Gasteiger partial charge in [0.1, 0.15) is 0 Å². The summed E-state index contributed by atoms with van der Waals surface area (Å²) in [5, 5.41) is 16.1. The van der Waals surface area contributed by atoms with Crippen LogP contribution in [-0.2, 0) is 14.3 Å². The Morgan fingerprint density at radius 2 is 1.93 bits per heavy atom. The lowest BCUT2D eigenvalue weighted by atomic mass is 9.78. The van der Waals surface area contributed by atoms with Crippen molar-refractivity contribution in [1.82, 2.24) is 5.43 Å². The van der Waals surface area contributed by atoms with Crippen molar-refractivity contribution in [2.75, 3.05) is 11.9 Å². The third-order valence-electron chi connectivity index (χ3n) is 4.56. The van der Waals surface area contributed by atoms with Crippen LogP contribution in [0.15, 0.2) is 29.4 Å². The van der Waals surface area contributed by atoms with E-state index in [0.29, 0.717) is 29.8 Å². The van der Waals surface area contributed by atoms with E-state index in [1.54, 1.807) is 38.1 Å². The van der Waals surface area contributed by atoms with Crippen LogP contribution in [0.2, 0.25) is 0 Å². The third-order valence-corrected chi connectivity index (χ3v) is 4.56. The minimum absolute atomic E-state index is 0.250. The topological polar surface area (TPSA) is 117 Å². The molecule has 2 rings (SSSR count). The standard InChI is InChI=1S/C19H25N3O5/c1-3-27-19(26)22-21-12(2)13-7-6-8-14(11-13)20-17(23)15-9-4-5-10-16(15)18(24)25/h6-8,11,15-16H,3-5,9-10H2,1-2H3,(H,20,23)(H,22,26)(H,24,25). The molecule has 1 fully saturated rings. The number of hydrazone groups is 1. The first-order valence-corrected chi connectivity index (χ1v) is 9.03. The van der Waals surface area contributed by atoms with E-state index in [1.807, 2.05) is 0 Å². The Morgan fingerprint density at radius 1 is 1.22 bits per heavy atom. The smallest absolute Gasteiger partial charge is 0.427 e. The fraction of sp³-hybridized carbons (Fsp3) is 0.474. The number of benzene rings is 1. The molecule has 0 aromatic heterocycles. The highest BCUT2D eigenvalue weighted by Crippen LogP contribution is 2.31. The van der Waals surface area contributed by atoms with E-state index < -0.39 is 23.9 Å². The van der Waals surface area contributed by atoms with Crippen molar-refractivity contribution in [2.24, 2.45) is 16.9 Å². The van der Waals surface area contributed by atoms with E-state index in [-0.39, 0.29) is 12.5 Å². The maximum absolute atomic E-state index is 12.6. The molecule has 0 radical (unpaired) electrons. The van der Waals surface area contributed by atoms with Gasteiger partial charge in [-0.3, -0.25) is 9.59 Å². The first kappa shape index (κ1) is 20.4. The van der Waals surface area contributed by atoms with Crippen LogP contribution in [0.4, 0.5) is 10.5 Å². The molecule has 2 atom stereocenters. The van der Waals surface area contributed by atoms with Crippen LogP contribution in [0.3, 0.4) is 0 Å². The molecule has 1 aromatic carbocycles. The minimum Gasteiger partial charge on any atom is -0.481 e. The molecule has 0 aliphatic heterocycles. The lowest BCUT2D eigenvalue weighted by molar-refractivity contribution is -0.147. The zero-order valence-electron chi connectivity index (χ0n) is 15.5. The van der Waals surface area contributed by atoms with Gasteiger partial charge in [-0.1, -0.05) is 25.0 Å². The second-order valence-corrected chi connectivity index (χ2v) is 6.44. The predicted molar refractivity (Wildman–Crippen MR) is 101 cm³/mol. The van der Waals surface area contributed by atoms with Crippen LogP contribution < -0.4 is 10.7 Å². The monoisotopic (exact) mass is 375 g/mol. The molecule has 1 aromatic rings. The molecule has 0 spiro atoms. The number of hydrogen-bond donors (Lipinski definition) is 3. The highest BCUT2D eigenvalue weighted by atomic mass is 16.5. The molecular weight excluding hydrogens is 350 g/mol. The molecule has 8 heteroatoms. The van der Waals surface area contributed by atoms with Gasteiger partial charge in [0, 0.05) is 5.69 Å².